The van der Waals surface area contributed by atoms with Crippen LogP contribution in [0.3, 0.4) is 0 Å². The molecule has 0 bridgehead atoms. The minimum Gasteiger partial charge on any atom is -0.493 e. The van der Waals surface area contributed by atoms with Crippen molar-refractivity contribution in [3.8, 4) is 22.8 Å². The van der Waals surface area contributed by atoms with E-state index in [-0.39, 0.29) is 0 Å². The first-order chi connectivity index (χ1) is 15.0. The molecule has 0 fully saturated rings. The molecule has 160 valence electrons. The first-order valence-electron chi connectivity index (χ1n) is 10.1. The van der Waals surface area contributed by atoms with Crippen LogP contribution in [0.1, 0.15) is 25.0 Å². The van der Waals surface area contributed by atoms with Gasteiger partial charge in [0, 0.05) is 23.6 Å². The van der Waals surface area contributed by atoms with Crippen molar-refractivity contribution in [1.82, 2.24) is 35.0 Å². The van der Waals surface area contributed by atoms with E-state index in [0.717, 1.165) is 40.5 Å². The van der Waals surface area contributed by atoms with Gasteiger partial charge < -0.3 is 4.74 Å². The van der Waals surface area contributed by atoms with E-state index in [9.17, 15) is 0 Å². The Hall–Kier alpha value is -3.26. The Morgan fingerprint density at radius 3 is 2.77 bits per heavy atom. The molecule has 4 rings (SSSR count). The summed E-state index contributed by atoms with van der Waals surface area (Å²) in [7, 11) is 0. The van der Waals surface area contributed by atoms with Crippen molar-refractivity contribution in [2.24, 2.45) is 5.92 Å². The molecule has 2 heterocycles. The van der Waals surface area contributed by atoms with Gasteiger partial charge >= 0.3 is 0 Å². The van der Waals surface area contributed by atoms with Crippen LogP contribution in [0.4, 0.5) is 0 Å². The van der Waals surface area contributed by atoms with Gasteiger partial charge in [0.1, 0.15) is 18.4 Å². The maximum atomic E-state index is 6.22. The van der Waals surface area contributed by atoms with Crippen LogP contribution in [0.5, 0.6) is 5.75 Å². The number of ether oxygens (including phenoxy) is 1. The van der Waals surface area contributed by atoms with Crippen molar-refractivity contribution in [3.63, 3.8) is 0 Å². The Morgan fingerprint density at radius 1 is 1.13 bits per heavy atom. The topological polar surface area (TPSA) is 83.5 Å². The van der Waals surface area contributed by atoms with Crippen LogP contribution in [-0.2, 0) is 13.0 Å². The number of aryl methyl sites for hydroxylation is 1. The SMILES string of the molecule is Cc1cc(OCCc2cc(Cl)ccc2-n2cncn2)cc(-c2nnnn2CC(C)C)c1. The minimum atomic E-state index is 0.444. The molecule has 0 aliphatic carbocycles. The van der Waals surface area contributed by atoms with Crippen molar-refractivity contribution in [1.29, 1.82) is 0 Å². The van der Waals surface area contributed by atoms with Gasteiger partial charge in [-0.05, 0) is 70.8 Å². The lowest BCUT2D eigenvalue weighted by molar-refractivity contribution is 0.321. The lowest BCUT2D eigenvalue weighted by Crippen LogP contribution is -2.08. The van der Waals surface area contributed by atoms with E-state index in [0.29, 0.717) is 24.0 Å². The smallest absolute Gasteiger partial charge is 0.182 e. The number of rotatable bonds is 8. The van der Waals surface area contributed by atoms with Gasteiger partial charge in [0.05, 0.1) is 12.3 Å². The lowest BCUT2D eigenvalue weighted by atomic mass is 10.1. The first-order valence-corrected chi connectivity index (χ1v) is 10.5. The third kappa shape index (κ3) is 5.08. The molecule has 4 aromatic rings. The third-order valence-corrected chi connectivity index (χ3v) is 4.96. The highest BCUT2D eigenvalue weighted by molar-refractivity contribution is 6.30. The van der Waals surface area contributed by atoms with Crippen molar-refractivity contribution in [2.45, 2.75) is 33.7 Å². The van der Waals surface area contributed by atoms with Crippen LogP contribution in [0, 0.1) is 12.8 Å². The number of aromatic nitrogens is 7. The molecular formula is C22H24ClN7O. The molecule has 0 atom stereocenters. The van der Waals surface area contributed by atoms with E-state index >= 15 is 0 Å². The summed E-state index contributed by atoms with van der Waals surface area (Å²) < 4.78 is 9.66. The van der Waals surface area contributed by atoms with E-state index in [2.05, 4.69) is 45.5 Å². The Morgan fingerprint density at radius 2 is 2.00 bits per heavy atom. The van der Waals surface area contributed by atoms with Gasteiger partial charge in [0.15, 0.2) is 5.82 Å². The van der Waals surface area contributed by atoms with Crippen molar-refractivity contribution in [2.75, 3.05) is 6.61 Å². The van der Waals surface area contributed by atoms with Gasteiger partial charge in [0.2, 0.25) is 0 Å². The van der Waals surface area contributed by atoms with Gasteiger partial charge in [0.25, 0.3) is 0 Å². The number of hydrogen-bond donors (Lipinski definition) is 0. The average Bonchev–Trinajstić information content (AvgIpc) is 3.39. The van der Waals surface area contributed by atoms with E-state index < -0.39 is 0 Å². The Labute approximate surface area is 185 Å². The summed E-state index contributed by atoms with van der Waals surface area (Å²) >= 11 is 6.22. The molecule has 0 amide bonds. The highest BCUT2D eigenvalue weighted by Crippen LogP contribution is 2.25. The fourth-order valence-electron chi connectivity index (χ4n) is 3.43. The predicted molar refractivity (Wildman–Crippen MR) is 118 cm³/mol. The molecule has 8 nitrogen and oxygen atoms in total. The monoisotopic (exact) mass is 437 g/mol. The third-order valence-electron chi connectivity index (χ3n) is 4.73. The average molecular weight is 438 g/mol. The second kappa shape index (κ2) is 9.26. The standard InChI is InChI=1S/C22H24ClN7O/c1-15(2)12-29-22(26-27-28-29)18-8-16(3)9-20(11-18)31-7-6-17-10-19(23)4-5-21(17)30-14-24-13-25-30/h4-5,8-11,13-15H,6-7,12H2,1-3H3. The van der Waals surface area contributed by atoms with Crippen molar-refractivity contribution >= 4 is 11.6 Å². The lowest BCUT2D eigenvalue weighted by Gasteiger charge is -2.13. The Bertz CT molecular complexity index is 1150. The second-order valence-corrected chi connectivity index (χ2v) is 8.26. The van der Waals surface area contributed by atoms with Crippen LogP contribution in [-0.4, -0.2) is 41.6 Å². The fourth-order valence-corrected chi connectivity index (χ4v) is 3.62. The molecule has 0 aliphatic rings. The largest absolute Gasteiger partial charge is 0.493 e. The highest BCUT2D eigenvalue weighted by atomic mass is 35.5. The van der Waals surface area contributed by atoms with Gasteiger partial charge in [-0.3, -0.25) is 0 Å². The van der Waals surface area contributed by atoms with E-state index in [1.165, 1.54) is 6.33 Å². The minimum absolute atomic E-state index is 0.444. The molecular weight excluding hydrogens is 414 g/mol. The summed E-state index contributed by atoms with van der Waals surface area (Å²) in [5.74, 6) is 1.96. The molecule has 0 aliphatic heterocycles. The zero-order valence-electron chi connectivity index (χ0n) is 17.7. The Balaban J connectivity index is 1.51. The van der Waals surface area contributed by atoms with Crippen LogP contribution < -0.4 is 4.74 Å². The zero-order chi connectivity index (χ0) is 21.8. The quantitative estimate of drug-likeness (QED) is 0.411. The fraction of sp³-hybridized carbons (Fsp3) is 0.318. The molecule has 2 aromatic carbocycles. The first kappa shape index (κ1) is 21.0. The number of nitrogens with zero attached hydrogens (tertiary/aromatic N) is 7. The molecule has 31 heavy (non-hydrogen) atoms. The molecule has 0 radical (unpaired) electrons. The molecule has 0 N–H and O–H groups in total. The molecule has 0 unspecified atom stereocenters. The van der Waals surface area contributed by atoms with Gasteiger partial charge in [-0.25, -0.2) is 14.3 Å². The van der Waals surface area contributed by atoms with Crippen LogP contribution >= 0.6 is 11.6 Å². The normalized spacial score (nSPS) is 11.3. The summed E-state index contributed by atoms with van der Waals surface area (Å²) in [6.45, 7) is 7.56. The summed E-state index contributed by atoms with van der Waals surface area (Å²) in [6.07, 6.45) is 3.85. The van der Waals surface area contributed by atoms with E-state index in [4.69, 9.17) is 16.3 Å². The number of tetrazole rings is 1. The van der Waals surface area contributed by atoms with Crippen molar-refractivity contribution < 1.29 is 4.74 Å². The van der Waals surface area contributed by atoms with Crippen LogP contribution in [0.15, 0.2) is 49.1 Å². The molecule has 0 spiro atoms. The summed E-state index contributed by atoms with van der Waals surface area (Å²) in [4.78, 5) is 4.03. The summed E-state index contributed by atoms with van der Waals surface area (Å²) in [5.41, 5.74) is 3.99. The summed E-state index contributed by atoms with van der Waals surface area (Å²) in [5, 5.41) is 17.1. The second-order valence-electron chi connectivity index (χ2n) is 7.82. The maximum Gasteiger partial charge on any atom is 0.182 e. The van der Waals surface area contributed by atoms with E-state index in [1.54, 1.807) is 11.0 Å². The predicted octanol–water partition coefficient (Wildman–Crippen LogP) is 4.16. The molecule has 2 aromatic heterocycles. The van der Waals surface area contributed by atoms with Crippen LogP contribution in [0.2, 0.25) is 5.02 Å². The zero-order valence-corrected chi connectivity index (χ0v) is 18.5. The molecule has 0 saturated heterocycles. The van der Waals surface area contributed by atoms with Crippen molar-refractivity contribution in [3.05, 3.63) is 65.2 Å². The maximum absolute atomic E-state index is 6.22. The van der Waals surface area contributed by atoms with E-state index in [1.807, 2.05) is 41.9 Å². The molecule has 0 saturated carbocycles. The van der Waals surface area contributed by atoms with Gasteiger partial charge in [-0.15, -0.1) is 5.10 Å². The van der Waals surface area contributed by atoms with Gasteiger partial charge in [-0.2, -0.15) is 5.10 Å². The number of hydrogen-bond acceptors (Lipinski definition) is 6. The molecule has 9 heteroatoms. The van der Waals surface area contributed by atoms with Gasteiger partial charge in [-0.1, -0.05) is 25.4 Å². The highest BCUT2D eigenvalue weighted by Gasteiger charge is 2.13. The number of benzene rings is 2. The summed E-state index contributed by atoms with van der Waals surface area (Å²) in [6, 6.07) is 11.8. The van der Waals surface area contributed by atoms with Crippen LogP contribution in [0.25, 0.3) is 17.1 Å². The number of halogens is 1. The Kier molecular flexibility index (Phi) is 6.27.